The molecule has 5 nitrogen and oxygen atoms in total. The molecule has 0 aliphatic rings. The maximum absolute atomic E-state index is 12.9. The first kappa shape index (κ1) is 23.8. The molecular formula is C30H28N2O3S. The molecule has 0 saturated carbocycles. The standard InChI is InChI=1S/C30H28N2O3S/c1-6-34-26-15-27-23(24(16-35-27)21-9-7-17(2)11-19(21)4)14-22(26)20(5)13-29(33)32-30-31-25-10-8-18(3)12-28(25)36-30/h7-16H,6H2,1-5H3,(H,31,32,33)/b20-13+. The van der Waals surface area contributed by atoms with Crippen molar-refractivity contribution in [1.29, 1.82) is 0 Å². The Bertz CT molecular complexity index is 1640. The predicted molar refractivity (Wildman–Crippen MR) is 149 cm³/mol. The Labute approximate surface area is 214 Å². The van der Waals surface area contributed by atoms with Crippen LogP contribution < -0.4 is 10.1 Å². The van der Waals surface area contributed by atoms with Crippen molar-refractivity contribution in [3.63, 3.8) is 0 Å². The molecule has 0 saturated heterocycles. The maximum atomic E-state index is 12.9. The van der Waals surface area contributed by atoms with E-state index in [4.69, 9.17) is 9.15 Å². The fourth-order valence-corrected chi connectivity index (χ4v) is 5.43. The zero-order valence-electron chi connectivity index (χ0n) is 21.1. The van der Waals surface area contributed by atoms with Crippen LogP contribution in [-0.4, -0.2) is 17.5 Å². The van der Waals surface area contributed by atoms with Gasteiger partial charge in [-0.2, -0.15) is 0 Å². The number of allylic oxidation sites excluding steroid dienone is 1. The van der Waals surface area contributed by atoms with Gasteiger partial charge in [-0.15, -0.1) is 0 Å². The fourth-order valence-electron chi connectivity index (χ4n) is 4.46. The van der Waals surface area contributed by atoms with Gasteiger partial charge < -0.3 is 9.15 Å². The first-order valence-electron chi connectivity index (χ1n) is 11.9. The number of aryl methyl sites for hydroxylation is 3. The normalized spacial score (nSPS) is 11.9. The minimum absolute atomic E-state index is 0.229. The number of benzene rings is 3. The van der Waals surface area contributed by atoms with Crippen molar-refractivity contribution in [1.82, 2.24) is 4.98 Å². The average molecular weight is 497 g/mol. The molecule has 182 valence electrons. The van der Waals surface area contributed by atoms with E-state index < -0.39 is 0 Å². The van der Waals surface area contributed by atoms with Gasteiger partial charge in [0.1, 0.15) is 11.3 Å². The lowest BCUT2D eigenvalue weighted by Gasteiger charge is -2.12. The first-order valence-corrected chi connectivity index (χ1v) is 12.8. The van der Waals surface area contributed by atoms with E-state index in [1.807, 2.05) is 39.0 Å². The summed E-state index contributed by atoms with van der Waals surface area (Å²) in [6.45, 7) is 10.6. The van der Waals surface area contributed by atoms with Gasteiger partial charge in [0, 0.05) is 28.7 Å². The average Bonchev–Trinajstić information content (AvgIpc) is 3.41. The molecular weight excluding hydrogens is 468 g/mol. The van der Waals surface area contributed by atoms with E-state index in [1.54, 1.807) is 12.3 Å². The monoisotopic (exact) mass is 496 g/mol. The number of carbonyl (C=O) groups is 1. The molecule has 0 atom stereocenters. The van der Waals surface area contributed by atoms with Crippen molar-refractivity contribution in [2.24, 2.45) is 0 Å². The number of ether oxygens (including phenoxy) is 1. The summed E-state index contributed by atoms with van der Waals surface area (Å²) in [6, 6.07) is 16.4. The Morgan fingerprint density at radius 2 is 1.83 bits per heavy atom. The van der Waals surface area contributed by atoms with E-state index in [1.165, 1.54) is 22.5 Å². The van der Waals surface area contributed by atoms with Crippen LogP contribution in [0.1, 0.15) is 36.1 Å². The largest absolute Gasteiger partial charge is 0.493 e. The molecule has 5 aromatic rings. The van der Waals surface area contributed by atoms with Crippen LogP contribution >= 0.6 is 11.3 Å². The highest BCUT2D eigenvalue weighted by Gasteiger charge is 2.17. The van der Waals surface area contributed by atoms with Gasteiger partial charge in [0.25, 0.3) is 0 Å². The highest BCUT2D eigenvalue weighted by atomic mass is 32.1. The second-order valence-corrected chi connectivity index (χ2v) is 10.1. The number of nitrogens with zero attached hydrogens (tertiary/aromatic N) is 1. The zero-order chi connectivity index (χ0) is 25.4. The summed E-state index contributed by atoms with van der Waals surface area (Å²) in [5, 5.41) is 4.48. The van der Waals surface area contributed by atoms with Gasteiger partial charge in [0.05, 0.1) is 23.1 Å². The molecule has 6 heteroatoms. The summed E-state index contributed by atoms with van der Waals surface area (Å²) in [7, 11) is 0. The Kier molecular flexibility index (Phi) is 6.37. The van der Waals surface area contributed by atoms with Gasteiger partial charge in [-0.05, 0) is 75.1 Å². The minimum Gasteiger partial charge on any atom is -0.493 e. The van der Waals surface area contributed by atoms with Gasteiger partial charge in [0.2, 0.25) is 5.91 Å². The third-order valence-electron chi connectivity index (χ3n) is 6.19. The summed E-state index contributed by atoms with van der Waals surface area (Å²) in [5.41, 5.74) is 8.99. The number of anilines is 1. The smallest absolute Gasteiger partial charge is 0.250 e. The molecule has 0 radical (unpaired) electrons. The number of nitrogens with one attached hydrogen (secondary N) is 1. The van der Waals surface area contributed by atoms with Crippen LogP contribution in [-0.2, 0) is 4.79 Å². The molecule has 0 aliphatic carbocycles. The molecule has 3 aromatic carbocycles. The summed E-state index contributed by atoms with van der Waals surface area (Å²) in [4.78, 5) is 17.4. The molecule has 0 spiro atoms. The van der Waals surface area contributed by atoms with Crippen LogP contribution in [0.25, 0.3) is 37.9 Å². The molecule has 36 heavy (non-hydrogen) atoms. The van der Waals surface area contributed by atoms with Gasteiger partial charge in [0.15, 0.2) is 5.13 Å². The van der Waals surface area contributed by atoms with Gasteiger partial charge in [-0.3, -0.25) is 10.1 Å². The van der Waals surface area contributed by atoms with E-state index in [9.17, 15) is 4.79 Å². The Balaban J connectivity index is 1.51. The molecule has 5 rings (SSSR count). The maximum Gasteiger partial charge on any atom is 0.250 e. The Hall–Kier alpha value is -3.90. The predicted octanol–water partition coefficient (Wildman–Crippen LogP) is 8.08. The lowest BCUT2D eigenvalue weighted by Crippen LogP contribution is -2.08. The van der Waals surface area contributed by atoms with E-state index in [2.05, 4.69) is 54.5 Å². The number of carbonyl (C=O) groups excluding carboxylic acids is 1. The topological polar surface area (TPSA) is 64.4 Å². The Morgan fingerprint density at radius 1 is 1.06 bits per heavy atom. The molecule has 1 N–H and O–H groups in total. The lowest BCUT2D eigenvalue weighted by atomic mass is 9.96. The van der Waals surface area contributed by atoms with Crippen molar-refractivity contribution in [2.45, 2.75) is 34.6 Å². The van der Waals surface area contributed by atoms with Crippen molar-refractivity contribution in [2.75, 3.05) is 11.9 Å². The second kappa shape index (κ2) is 9.63. The summed E-state index contributed by atoms with van der Waals surface area (Å²) in [6.07, 6.45) is 3.39. The van der Waals surface area contributed by atoms with Crippen LogP contribution in [0, 0.1) is 20.8 Å². The quantitative estimate of drug-likeness (QED) is 0.241. The van der Waals surface area contributed by atoms with E-state index in [0.29, 0.717) is 17.5 Å². The second-order valence-electron chi connectivity index (χ2n) is 9.05. The summed E-state index contributed by atoms with van der Waals surface area (Å²) >= 11 is 1.47. The molecule has 2 heterocycles. The van der Waals surface area contributed by atoms with Gasteiger partial charge in [-0.25, -0.2) is 4.98 Å². The third kappa shape index (κ3) is 4.64. The molecule has 0 bridgehead atoms. The highest BCUT2D eigenvalue weighted by molar-refractivity contribution is 7.22. The van der Waals surface area contributed by atoms with Gasteiger partial charge in [-0.1, -0.05) is 41.2 Å². The Morgan fingerprint density at radius 3 is 2.61 bits per heavy atom. The first-order chi connectivity index (χ1) is 17.3. The SMILES string of the molecule is CCOc1cc2occ(-c3ccc(C)cc3C)c2cc1/C(C)=C/C(=O)Nc1nc2ccc(C)cc2s1. The van der Waals surface area contributed by atoms with Crippen LogP contribution in [0.2, 0.25) is 0 Å². The number of hydrogen-bond donors (Lipinski definition) is 1. The number of amides is 1. The third-order valence-corrected chi connectivity index (χ3v) is 7.13. The zero-order valence-corrected chi connectivity index (χ0v) is 21.9. The van der Waals surface area contributed by atoms with Crippen LogP contribution in [0.4, 0.5) is 5.13 Å². The van der Waals surface area contributed by atoms with Crippen molar-refractivity contribution in [3.05, 3.63) is 83.1 Å². The van der Waals surface area contributed by atoms with Crippen LogP contribution in [0.3, 0.4) is 0 Å². The van der Waals surface area contributed by atoms with E-state index in [-0.39, 0.29) is 5.91 Å². The number of fused-ring (bicyclic) bond motifs is 2. The number of thiazole rings is 1. The van der Waals surface area contributed by atoms with Gasteiger partial charge >= 0.3 is 0 Å². The molecule has 0 fully saturated rings. The number of hydrogen-bond acceptors (Lipinski definition) is 5. The lowest BCUT2D eigenvalue weighted by molar-refractivity contribution is -0.111. The van der Waals surface area contributed by atoms with E-state index in [0.717, 1.165) is 49.0 Å². The number of furan rings is 1. The molecule has 0 unspecified atom stereocenters. The number of aromatic nitrogens is 1. The summed E-state index contributed by atoms with van der Waals surface area (Å²) < 4.78 is 12.9. The van der Waals surface area contributed by atoms with Crippen LogP contribution in [0.15, 0.2) is 65.3 Å². The molecule has 2 aromatic heterocycles. The highest BCUT2D eigenvalue weighted by Crippen LogP contribution is 2.38. The van der Waals surface area contributed by atoms with E-state index >= 15 is 0 Å². The molecule has 0 aliphatic heterocycles. The van der Waals surface area contributed by atoms with Crippen LogP contribution in [0.5, 0.6) is 5.75 Å². The molecule has 1 amide bonds. The van der Waals surface area contributed by atoms with Crippen molar-refractivity contribution >= 4 is 49.1 Å². The van der Waals surface area contributed by atoms with Crippen molar-refractivity contribution < 1.29 is 13.9 Å². The number of rotatable bonds is 6. The minimum atomic E-state index is -0.229. The van der Waals surface area contributed by atoms with Crippen molar-refractivity contribution in [3.8, 4) is 16.9 Å². The summed E-state index contributed by atoms with van der Waals surface area (Å²) in [5.74, 6) is 0.455. The fraction of sp³-hybridized carbons (Fsp3) is 0.200.